The number of hydrogen-bond acceptors (Lipinski definition) is 4. The predicted octanol–water partition coefficient (Wildman–Crippen LogP) is 3.13. The third-order valence-corrected chi connectivity index (χ3v) is 3.66. The summed E-state index contributed by atoms with van der Waals surface area (Å²) in [6.07, 6.45) is 1.55. The first-order chi connectivity index (χ1) is 11.0. The molecule has 0 atom stereocenters. The Morgan fingerprint density at radius 1 is 1.22 bits per heavy atom. The molecule has 0 amide bonds. The van der Waals surface area contributed by atoms with Gasteiger partial charge in [-0.3, -0.25) is 0 Å². The Morgan fingerprint density at radius 3 is 2.70 bits per heavy atom. The van der Waals surface area contributed by atoms with Crippen molar-refractivity contribution >= 4 is 28.7 Å². The fraction of sp³-hybridized carbons (Fsp3) is 0.158. The van der Waals surface area contributed by atoms with Crippen LogP contribution in [-0.4, -0.2) is 11.0 Å². The van der Waals surface area contributed by atoms with Gasteiger partial charge >= 0.3 is 0 Å². The highest BCUT2D eigenvalue weighted by Gasteiger charge is 2.12. The van der Waals surface area contributed by atoms with E-state index in [0.717, 1.165) is 16.7 Å². The normalized spacial score (nSPS) is 11.8. The summed E-state index contributed by atoms with van der Waals surface area (Å²) in [7, 11) is 0. The van der Waals surface area contributed by atoms with Crippen LogP contribution in [0.15, 0.2) is 46.9 Å². The maximum atomic E-state index is 11.1. The average molecular weight is 306 g/mol. The summed E-state index contributed by atoms with van der Waals surface area (Å²) in [6, 6.07) is 13.3. The number of carboxylic acid groups (broad SMARTS) is 1. The number of hydrogen-bond donors (Lipinski definition) is 0. The van der Waals surface area contributed by atoms with Crippen molar-refractivity contribution in [2.45, 2.75) is 20.3 Å². The lowest BCUT2D eigenvalue weighted by Crippen LogP contribution is -2.22. The lowest BCUT2D eigenvalue weighted by atomic mass is 10.0. The van der Waals surface area contributed by atoms with Gasteiger partial charge in [-0.05, 0) is 43.2 Å². The van der Waals surface area contributed by atoms with Crippen LogP contribution in [0.3, 0.4) is 0 Å². The number of carbonyl (C=O) groups excluding carboxylic acids is 1. The number of benzene rings is 2. The van der Waals surface area contributed by atoms with Gasteiger partial charge in [-0.15, -0.1) is 0 Å². The Hall–Kier alpha value is -2.88. The minimum absolute atomic E-state index is 0.250. The molecule has 116 valence electrons. The SMILES string of the molecule is Cc1ccc(/C=C(\CC(=O)[O-])c2nc3ccccc3o2)c(C)c1. The Morgan fingerprint density at radius 2 is 2.00 bits per heavy atom. The van der Waals surface area contributed by atoms with E-state index in [4.69, 9.17) is 4.42 Å². The van der Waals surface area contributed by atoms with Crippen LogP contribution in [0.1, 0.15) is 29.0 Å². The summed E-state index contributed by atoms with van der Waals surface area (Å²) in [5.74, 6) is -0.848. The van der Waals surface area contributed by atoms with E-state index in [0.29, 0.717) is 22.6 Å². The number of rotatable bonds is 4. The van der Waals surface area contributed by atoms with Crippen molar-refractivity contribution in [2.75, 3.05) is 0 Å². The highest BCUT2D eigenvalue weighted by Crippen LogP contribution is 2.26. The number of aliphatic carboxylic acids is 1. The van der Waals surface area contributed by atoms with Crippen LogP contribution in [0.2, 0.25) is 0 Å². The van der Waals surface area contributed by atoms with Crippen LogP contribution in [0.4, 0.5) is 0 Å². The Balaban J connectivity index is 2.09. The zero-order valence-corrected chi connectivity index (χ0v) is 13.0. The molecule has 3 rings (SSSR count). The number of carboxylic acids is 1. The van der Waals surface area contributed by atoms with Crippen molar-refractivity contribution < 1.29 is 14.3 Å². The number of nitrogens with zero attached hydrogens (tertiary/aromatic N) is 1. The van der Waals surface area contributed by atoms with Gasteiger partial charge < -0.3 is 14.3 Å². The third kappa shape index (κ3) is 3.31. The number of para-hydroxylation sites is 2. The van der Waals surface area contributed by atoms with Crippen molar-refractivity contribution in [3.8, 4) is 0 Å². The summed E-state index contributed by atoms with van der Waals surface area (Å²) < 4.78 is 5.70. The molecule has 0 bridgehead atoms. The first-order valence-corrected chi connectivity index (χ1v) is 7.36. The topological polar surface area (TPSA) is 66.2 Å². The summed E-state index contributed by atoms with van der Waals surface area (Å²) in [5.41, 5.74) is 4.99. The first kappa shape index (κ1) is 15.0. The van der Waals surface area contributed by atoms with Gasteiger partial charge in [0, 0.05) is 18.0 Å². The third-order valence-electron chi connectivity index (χ3n) is 3.66. The highest BCUT2D eigenvalue weighted by molar-refractivity contribution is 5.90. The lowest BCUT2D eigenvalue weighted by molar-refractivity contribution is -0.304. The summed E-state index contributed by atoms with van der Waals surface area (Å²) >= 11 is 0. The molecule has 0 aliphatic carbocycles. The average Bonchev–Trinajstić information content (AvgIpc) is 2.92. The summed E-state index contributed by atoms with van der Waals surface area (Å²) in [6.45, 7) is 4.00. The van der Waals surface area contributed by atoms with E-state index in [1.165, 1.54) is 0 Å². The quantitative estimate of drug-likeness (QED) is 0.742. The maximum absolute atomic E-state index is 11.1. The van der Waals surface area contributed by atoms with Gasteiger partial charge in [0.2, 0.25) is 5.89 Å². The van der Waals surface area contributed by atoms with Crippen molar-refractivity contribution in [1.82, 2.24) is 4.98 Å². The number of aromatic nitrogens is 1. The molecule has 0 radical (unpaired) electrons. The van der Waals surface area contributed by atoms with Crippen LogP contribution >= 0.6 is 0 Å². The largest absolute Gasteiger partial charge is 0.550 e. The summed E-state index contributed by atoms with van der Waals surface area (Å²) in [4.78, 5) is 15.5. The molecule has 1 aromatic heterocycles. The molecule has 2 aromatic carbocycles. The smallest absolute Gasteiger partial charge is 0.223 e. The minimum Gasteiger partial charge on any atom is -0.550 e. The van der Waals surface area contributed by atoms with E-state index >= 15 is 0 Å². The molecule has 0 aliphatic rings. The number of fused-ring (bicyclic) bond motifs is 1. The monoisotopic (exact) mass is 306 g/mol. The van der Waals surface area contributed by atoms with Crippen molar-refractivity contribution in [1.29, 1.82) is 0 Å². The molecule has 1 heterocycles. The first-order valence-electron chi connectivity index (χ1n) is 7.36. The van der Waals surface area contributed by atoms with Gasteiger partial charge in [-0.1, -0.05) is 35.9 Å². The van der Waals surface area contributed by atoms with Crippen LogP contribution in [-0.2, 0) is 4.79 Å². The fourth-order valence-electron chi connectivity index (χ4n) is 2.53. The van der Waals surface area contributed by atoms with E-state index in [1.807, 2.05) is 44.2 Å². The molecule has 0 saturated carbocycles. The predicted molar refractivity (Wildman–Crippen MR) is 87.4 cm³/mol. The van der Waals surface area contributed by atoms with Gasteiger partial charge in [0.15, 0.2) is 5.58 Å². The van der Waals surface area contributed by atoms with Gasteiger partial charge in [0.1, 0.15) is 5.52 Å². The van der Waals surface area contributed by atoms with Gasteiger partial charge in [-0.25, -0.2) is 4.98 Å². The molecule has 0 saturated heterocycles. The Bertz CT molecular complexity index is 873. The lowest BCUT2D eigenvalue weighted by Gasteiger charge is -2.07. The van der Waals surface area contributed by atoms with E-state index in [-0.39, 0.29) is 6.42 Å². The van der Waals surface area contributed by atoms with Crippen molar-refractivity contribution in [3.63, 3.8) is 0 Å². The molecule has 3 aromatic rings. The van der Waals surface area contributed by atoms with E-state index in [9.17, 15) is 9.90 Å². The standard InChI is InChI=1S/C19H17NO3/c1-12-7-8-14(13(2)9-12)10-15(11-18(21)22)19-20-16-5-3-4-6-17(16)23-19/h3-10H,11H2,1-2H3,(H,21,22)/p-1/b15-10+. The van der Waals surface area contributed by atoms with Crippen LogP contribution < -0.4 is 5.11 Å². The number of aryl methyl sites for hydroxylation is 2. The molecular formula is C19H16NO3-. The zero-order chi connectivity index (χ0) is 16.4. The van der Waals surface area contributed by atoms with Crippen LogP contribution in [0.5, 0.6) is 0 Å². The van der Waals surface area contributed by atoms with E-state index < -0.39 is 5.97 Å². The highest BCUT2D eigenvalue weighted by atomic mass is 16.4. The fourth-order valence-corrected chi connectivity index (χ4v) is 2.53. The molecule has 0 fully saturated rings. The minimum atomic E-state index is -1.16. The van der Waals surface area contributed by atoms with Gasteiger partial charge in [-0.2, -0.15) is 0 Å². The number of oxazole rings is 1. The molecular weight excluding hydrogens is 290 g/mol. The molecule has 0 aliphatic heterocycles. The molecule has 0 N–H and O–H groups in total. The van der Waals surface area contributed by atoms with Crippen molar-refractivity contribution in [2.24, 2.45) is 0 Å². The van der Waals surface area contributed by atoms with Crippen LogP contribution in [0, 0.1) is 13.8 Å². The maximum Gasteiger partial charge on any atom is 0.223 e. The van der Waals surface area contributed by atoms with Crippen LogP contribution in [0.25, 0.3) is 22.7 Å². The summed E-state index contributed by atoms with van der Waals surface area (Å²) in [5, 5.41) is 11.1. The molecule has 4 heteroatoms. The van der Waals surface area contributed by atoms with E-state index in [2.05, 4.69) is 11.1 Å². The second-order valence-corrected chi connectivity index (χ2v) is 5.57. The second kappa shape index (κ2) is 6.08. The number of carbonyl (C=O) groups is 1. The van der Waals surface area contributed by atoms with Gasteiger partial charge in [0.25, 0.3) is 0 Å². The van der Waals surface area contributed by atoms with E-state index in [1.54, 1.807) is 12.1 Å². The van der Waals surface area contributed by atoms with Crippen molar-refractivity contribution in [3.05, 3.63) is 65.0 Å². The molecule has 0 unspecified atom stereocenters. The molecule has 4 nitrogen and oxygen atoms in total. The Kier molecular flexibility index (Phi) is 3.98. The van der Waals surface area contributed by atoms with Gasteiger partial charge in [0.05, 0.1) is 0 Å². The Labute approximate surface area is 134 Å². The molecule has 0 spiro atoms. The second-order valence-electron chi connectivity index (χ2n) is 5.57. The molecule has 23 heavy (non-hydrogen) atoms. The zero-order valence-electron chi connectivity index (χ0n) is 13.0.